The van der Waals surface area contributed by atoms with Gasteiger partial charge in [-0.1, -0.05) is 13.0 Å². The Kier molecular flexibility index (Phi) is 4.55. The monoisotopic (exact) mass is 252 g/mol. The number of rotatable bonds is 4. The zero-order valence-corrected chi connectivity index (χ0v) is 11.1. The molecule has 1 aliphatic heterocycles. The summed E-state index contributed by atoms with van der Waals surface area (Å²) in [6.45, 7) is 6.02. The highest BCUT2D eigenvalue weighted by Gasteiger charge is 2.23. The number of ether oxygens (including phenoxy) is 1. The molecule has 1 heterocycles. The average molecular weight is 252 g/mol. The zero-order chi connectivity index (χ0) is 13.0. The van der Waals surface area contributed by atoms with Crippen molar-refractivity contribution in [3.05, 3.63) is 29.6 Å². The van der Waals surface area contributed by atoms with Crippen LogP contribution in [-0.4, -0.2) is 38.2 Å². The van der Waals surface area contributed by atoms with E-state index in [9.17, 15) is 4.39 Å². The van der Waals surface area contributed by atoms with Gasteiger partial charge < -0.3 is 10.1 Å². The van der Waals surface area contributed by atoms with E-state index >= 15 is 0 Å². The lowest BCUT2D eigenvalue weighted by molar-refractivity contribution is 0.166. The molecular formula is C14H21FN2O. The molecule has 18 heavy (non-hydrogen) atoms. The van der Waals surface area contributed by atoms with Gasteiger partial charge in [-0.2, -0.15) is 0 Å². The molecular weight excluding hydrogens is 231 g/mol. The highest BCUT2D eigenvalue weighted by atomic mass is 19.1. The molecule has 0 bridgehead atoms. The molecule has 1 atom stereocenters. The molecule has 1 aromatic rings. The maximum atomic E-state index is 14.1. The van der Waals surface area contributed by atoms with E-state index < -0.39 is 0 Å². The Labute approximate surface area is 108 Å². The maximum Gasteiger partial charge on any atom is 0.131 e. The zero-order valence-electron chi connectivity index (χ0n) is 11.1. The minimum atomic E-state index is -0.167. The number of nitrogens with one attached hydrogen (secondary N) is 1. The lowest BCUT2D eigenvalue weighted by Gasteiger charge is -2.34. The van der Waals surface area contributed by atoms with Gasteiger partial charge in [0.25, 0.3) is 0 Å². The number of halogens is 1. The molecule has 100 valence electrons. The second-order valence-corrected chi connectivity index (χ2v) is 4.60. The molecule has 0 amide bonds. The van der Waals surface area contributed by atoms with Crippen molar-refractivity contribution in [1.29, 1.82) is 0 Å². The molecule has 1 aromatic carbocycles. The van der Waals surface area contributed by atoms with E-state index in [2.05, 4.69) is 17.1 Å². The summed E-state index contributed by atoms with van der Waals surface area (Å²) in [5.74, 6) is 0.408. The number of nitrogens with zero attached hydrogens (tertiary/aromatic N) is 1. The fourth-order valence-corrected chi connectivity index (χ4v) is 2.57. The molecule has 2 rings (SSSR count). The Morgan fingerprint density at radius 2 is 2.11 bits per heavy atom. The van der Waals surface area contributed by atoms with Gasteiger partial charge in [-0.25, -0.2) is 4.39 Å². The number of hydrogen-bond acceptors (Lipinski definition) is 3. The third-order valence-corrected chi connectivity index (χ3v) is 3.55. The molecule has 1 N–H and O–H groups in total. The maximum absolute atomic E-state index is 14.1. The van der Waals surface area contributed by atoms with Gasteiger partial charge >= 0.3 is 0 Å². The highest BCUT2D eigenvalue weighted by Crippen LogP contribution is 2.28. The summed E-state index contributed by atoms with van der Waals surface area (Å²) in [7, 11) is 1.56. The van der Waals surface area contributed by atoms with Gasteiger partial charge in [0.2, 0.25) is 0 Å². The van der Waals surface area contributed by atoms with Gasteiger partial charge in [0, 0.05) is 43.9 Å². The van der Waals surface area contributed by atoms with E-state index in [1.165, 1.54) is 6.07 Å². The Morgan fingerprint density at radius 1 is 1.39 bits per heavy atom. The molecule has 0 spiro atoms. The quantitative estimate of drug-likeness (QED) is 0.889. The van der Waals surface area contributed by atoms with Gasteiger partial charge in [-0.15, -0.1) is 0 Å². The highest BCUT2D eigenvalue weighted by molar-refractivity contribution is 5.31. The minimum absolute atomic E-state index is 0.165. The van der Waals surface area contributed by atoms with Crippen LogP contribution in [0.2, 0.25) is 0 Å². The van der Waals surface area contributed by atoms with Crippen LogP contribution in [0.3, 0.4) is 0 Å². The van der Waals surface area contributed by atoms with Crippen LogP contribution in [-0.2, 0) is 0 Å². The van der Waals surface area contributed by atoms with Crippen molar-refractivity contribution < 1.29 is 9.13 Å². The molecule has 0 aliphatic carbocycles. The summed E-state index contributed by atoms with van der Waals surface area (Å²) >= 11 is 0. The molecule has 0 unspecified atom stereocenters. The van der Waals surface area contributed by atoms with Crippen molar-refractivity contribution in [3.8, 4) is 5.75 Å². The summed E-state index contributed by atoms with van der Waals surface area (Å²) in [6, 6.07) is 5.33. The van der Waals surface area contributed by atoms with E-state index in [0.717, 1.165) is 38.2 Å². The third kappa shape index (κ3) is 2.82. The van der Waals surface area contributed by atoms with Crippen LogP contribution in [0.15, 0.2) is 18.2 Å². The van der Waals surface area contributed by atoms with E-state index in [-0.39, 0.29) is 11.9 Å². The van der Waals surface area contributed by atoms with Crippen molar-refractivity contribution >= 4 is 0 Å². The SMILES string of the molecule is CC[C@H](c1ccc(OC)cc1F)N1CCNCC1. The largest absolute Gasteiger partial charge is 0.497 e. The van der Waals surface area contributed by atoms with Crippen LogP contribution in [0.5, 0.6) is 5.75 Å². The summed E-state index contributed by atoms with van der Waals surface area (Å²) in [5, 5.41) is 3.32. The first-order valence-electron chi connectivity index (χ1n) is 6.54. The molecule has 1 aliphatic rings. The lowest BCUT2D eigenvalue weighted by atomic mass is 10.0. The molecule has 3 nitrogen and oxygen atoms in total. The minimum Gasteiger partial charge on any atom is -0.497 e. The Morgan fingerprint density at radius 3 is 2.67 bits per heavy atom. The number of hydrogen-bond donors (Lipinski definition) is 1. The van der Waals surface area contributed by atoms with Crippen molar-refractivity contribution in [2.75, 3.05) is 33.3 Å². The van der Waals surface area contributed by atoms with E-state index in [1.54, 1.807) is 7.11 Å². The summed E-state index contributed by atoms with van der Waals surface area (Å²) in [5.41, 5.74) is 0.778. The molecule has 1 saturated heterocycles. The standard InChI is InChI=1S/C14H21FN2O/c1-3-14(17-8-6-16-7-9-17)12-5-4-11(18-2)10-13(12)15/h4-5,10,14,16H,3,6-9H2,1-2H3/t14-/m1/s1. The third-order valence-electron chi connectivity index (χ3n) is 3.55. The van der Waals surface area contributed by atoms with Crippen LogP contribution < -0.4 is 10.1 Å². The first kappa shape index (κ1) is 13.3. The van der Waals surface area contributed by atoms with Crippen molar-refractivity contribution in [1.82, 2.24) is 10.2 Å². The number of benzene rings is 1. The van der Waals surface area contributed by atoms with Gasteiger partial charge in [0.15, 0.2) is 0 Å². The first-order chi connectivity index (χ1) is 8.76. The van der Waals surface area contributed by atoms with Gasteiger partial charge in [0.1, 0.15) is 11.6 Å². The Hall–Kier alpha value is -1.13. The van der Waals surface area contributed by atoms with Crippen molar-refractivity contribution in [3.63, 3.8) is 0 Å². The van der Waals surface area contributed by atoms with E-state index in [0.29, 0.717) is 5.75 Å². The predicted molar refractivity (Wildman–Crippen MR) is 70.4 cm³/mol. The summed E-state index contributed by atoms with van der Waals surface area (Å²) in [6.07, 6.45) is 0.920. The topological polar surface area (TPSA) is 24.5 Å². The van der Waals surface area contributed by atoms with Crippen LogP contribution in [0.1, 0.15) is 24.9 Å². The Balaban J connectivity index is 2.20. The van der Waals surface area contributed by atoms with Crippen LogP contribution in [0.25, 0.3) is 0 Å². The smallest absolute Gasteiger partial charge is 0.131 e. The lowest BCUT2D eigenvalue weighted by Crippen LogP contribution is -2.45. The van der Waals surface area contributed by atoms with Crippen molar-refractivity contribution in [2.45, 2.75) is 19.4 Å². The fraction of sp³-hybridized carbons (Fsp3) is 0.571. The summed E-state index contributed by atoms with van der Waals surface area (Å²) < 4.78 is 19.2. The van der Waals surface area contributed by atoms with E-state index in [1.807, 2.05) is 12.1 Å². The second-order valence-electron chi connectivity index (χ2n) is 4.60. The summed E-state index contributed by atoms with van der Waals surface area (Å²) in [4.78, 5) is 2.35. The fourth-order valence-electron chi connectivity index (χ4n) is 2.57. The van der Waals surface area contributed by atoms with Crippen molar-refractivity contribution in [2.24, 2.45) is 0 Å². The normalized spacial score (nSPS) is 18.6. The number of piperazine rings is 1. The molecule has 0 saturated carbocycles. The molecule has 1 fully saturated rings. The van der Waals surface area contributed by atoms with Gasteiger partial charge in [-0.05, 0) is 12.5 Å². The molecule has 0 aromatic heterocycles. The van der Waals surface area contributed by atoms with Crippen LogP contribution in [0.4, 0.5) is 4.39 Å². The Bertz CT molecular complexity index is 391. The number of methoxy groups -OCH3 is 1. The van der Waals surface area contributed by atoms with Gasteiger partial charge in [-0.3, -0.25) is 4.90 Å². The van der Waals surface area contributed by atoms with Gasteiger partial charge in [0.05, 0.1) is 7.11 Å². The average Bonchev–Trinajstić information content (AvgIpc) is 2.42. The van der Waals surface area contributed by atoms with Crippen LogP contribution >= 0.6 is 0 Å². The second kappa shape index (κ2) is 6.16. The van der Waals surface area contributed by atoms with Crippen LogP contribution in [0, 0.1) is 5.82 Å². The molecule has 4 heteroatoms. The predicted octanol–water partition coefficient (Wildman–Crippen LogP) is 2.19. The first-order valence-corrected chi connectivity index (χ1v) is 6.54. The molecule has 0 radical (unpaired) electrons. The van der Waals surface area contributed by atoms with E-state index in [4.69, 9.17) is 4.74 Å².